The summed E-state index contributed by atoms with van der Waals surface area (Å²) in [7, 11) is 0. The minimum absolute atomic E-state index is 0.0919. The first kappa shape index (κ1) is 15.2. The van der Waals surface area contributed by atoms with Crippen LogP contribution >= 0.6 is 0 Å². The smallest absolute Gasteiger partial charge is 0.406 e. The number of alkyl halides is 3. The van der Waals surface area contributed by atoms with Gasteiger partial charge in [0.15, 0.2) is 0 Å². The average molecular weight is 337 g/mol. The van der Waals surface area contributed by atoms with E-state index in [-0.39, 0.29) is 46.9 Å². The van der Waals surface area contributed by atoms with Gasteiger partial charge in [-0.2, -0.15) is 0 Å². The van der Waals surface area contributed by atoms with E-state index in [0.717, 1.165) is 29.0 Å². The van der Waals surface area contributed by atoms with Gasteiger partial charge in [-0.15, -0.1) is 13.2 Å². The Morgan fingerprint density at radius 1 is 1.08 bits per heavy atom. The van der Waals surface area contributed by atoms with Crippen molar-refractivity contribution in [1.82, 2.24) is 0 Å². The number of carbonyl (C=O) groups excluding carboxylic acids is 2. The number of benzene rings is 1. The Balaban J connectivity index is 1.60. The van der Waals surface area contributed by atoms with Gasteiger partial charge in [0.2, 0.25) is 11.8 Å². The fourth-order valence-corrected chi connectivity index (χ4v) is 4.33. The van der Waals surface area contributed by atoms with E-state index in [4.69, 9.17) is 0 Å². The molecule has 1 aromatic rings. The van der Waals surface area contributed by atoms with Crippen LogP contribution < -0.4 is 9.64 Å². The normalized spacial score (nSPS) is 31.5. The van der Waals surface area contributed by atoms with Crippen LogP contribution in [0.2, 0.25) is 0 Å². The monoisotopic (exact) mass is 337 g/mol. The number of halogens is 3. The summed E-state index contributed by atoms with van der Waals surface area (Å²) in [6.45, 7) is 1.98. The number of nitrogens with zero attached hydrogens (tertiary/aromatic N) is 1. The Hall–Kier alpha value is -2.31. The number of fused-ring (bicyclic) bond motifs is 5. The van der Waals surface area contributed by atoms with Crippen LogP contribution in [0.4, 0.5) is 18.9 Å². The maximum absolute atomic E-state index is 12.7. The molecule has 1 aromatic carbocycles. The van der Waals surface area contributed by atoms with Gasteiger partial charge >= 0.3 is 6.36 Å². The third-order valence-corrected chi connectivity index (χ3v) is 5.21. The Bertz CT molecular complexity index is 753. The third kappa shape index (κ3) is 2.14. The van der Waals surface area contributed by atoms with E-state index in [1.54, 1.807) is 0 Å². The van der Waals surface area contributed by atoms with Crippen molar-refractivity contribution < 1.29 is 27.5 Å². The Labute approximate surface area is 135 Å². The number of amides is 2. The van der Waals surface area contributed by atoms with Crippen LogP contribution in [-0.4, -0.2) is 18.2 Å². The summed E-state index contributed by atoms with van der Waals surface area (Å²) in [5.74, 6) is -1.37. The Morgan fingerprint density at radius 3 is 2.33 bits per heavy atom. The van der Waals surface area contributed by atoms with Gasteiger partial charge in [0.1, 0.15) is 5.75 Å². The minimum Gasteiger partial charge on any atom is -0.406 e. The fourth-order valence-electron chi connectivity index (χ4n) is 4.33. The molecular formula is C17H14F3NO3. The van der Waals surface area contributed by atoms with Crippen molar-refractivity contribution in [1.29, 1.82) is 0 Å². The van der Waals surface area contributed by atoms with Gasteiger partial charge in [-0.05, 0) is 49.4 Å². The molecule has 2 aliphatic carbocycles. The minimum atomic E-state index is -4.78. The number of rotatable bonds is 2. The summed E-state index contributed by atoms with van der Waals surface area (Å²) >= 11 is 0. The molecule has 7 heteroatoms. The third-order valence-electron chi connectivity index (χ3n) is 5.21. The maximum atomic E-state index is 12.7. The number of hydrogen-bond acceptors (Lipinski definition) is 3. The van der Waals surface area contributed by atoms with Gasteiger partial charge in [0, 0.05) is 0 Å². The largest absolute Gasteiger partial charge is 0.573 e. The molecule has 0 aromatic heterocycles. The fraction of sp³-hybridized carbons (Fsp3) is 0.412. The molecule has 126 valence electrons. The van der Waals surface area contributed by atoms with E-state index in [2.05, 4.69) is 10.8 Å². The average Bonchev–Trinajstić information content (AvgIpc) is 3.10. The van der Waals surface area contributed by atoms with Crippen molar-refractivity contribution in [3.63, 3.8) is 0 Å². The molecule has 0 N–H and O–H groups in total. The summed E-state index contributed by atoms with van der Waals surface area (Å²) in [6, 6.07) is 4.82. The lowest BCUT2D eigenvalue weighted by molar-refractivity contribution is -0.274. The van der Waals surface area contributed by atoms with E-state index in [1.165, 1.54) is 12.1 Å². The van der Waals surface area contributed by atoms with Crippen LogP contribution in [0.1, 0.15) is 13.3 Å². The van der Waals surface area contributed by atoms with Gasteiger partial charge in [-0.25, -0.2) is 0 Å². The number of allylic oxidation sites excluding steroid dienone is 2. The maximum Gasteiger partial charge on any atom is 0.573 e. The van der Waals surface area contributed by atoms with Crippen LogP contribution in [0, 0.1) is 23.7 Å². The Morgan fingerprint density at radius 2 is 1.71 bits per heavy atom. The first-order chi connectivity index (χ1) is 11.3. The second-order valence-electron chi connectivity index (χ2n) is 6.52. The summed E-state index contributed by atoms with van der Waals surface area (Å²) in [4.78, 5) is 26.5. The molecule has 0 radical (unpaired) electrons. The zero-order valence-corrected chi connectivity index (χ0v) is 12.7. The molecule has 4 atom stereocenters. The lowest BCUT2D eigenvalue weighted by Crippen LogP contribution is -2.32. The molecule has 0 unspecified atom stereocenters. The summed E-state index contributed by atoms with van der Waals surface area (Å²) in [6.07, 6.45) is -1.87. The molecular weight excluding hydrogens is 323 g/mol. The van der Waals surface area contributed by atoms with Gasteiger partial charge in [-0.1, -0.05) is 11.6 Å². The quantitative estimate of drug-likeness (QED) is 0.615. The highest BCUT2D eigenvalue weighted by molar-refractivity contribution is 6.22. The topological polar surface area (TPSA) is 46.6 Å². The first-order valence-corrected chi connectivity index (χ1v) is 7.68. The van der Waals surface area contributed by atoms with Crippen molar-refractivity contribution in [2.24, 2.45) is 23.7 Å². The predicted molar refractivity (Wildman–Crippen MR) is 78.0 cm³/mol. The summed E-state index contributed by atoms with van der Waals surface area (Å²) in [5.41, 5.74) is 1.43. The number of hydrogen-bond donors (Lipinski definition) is 0. The lowest BCUT2D eigenvalue weighted by atomic mass is 9.82. The number of ether oxygens (including phenoxy) is 1. The molecule has 2 bridgehead atoms. The van der Waals surface area contributed by atoms with Crippen molar-refractivity contribution in [3.8, 4) is 5.75 Å². The zero-order valence-electron chi connectivity index (χ0n) is 12.7. The summed E-state index contributed by atoms with van der Waals surface area (Å²) in [5, 5.41) is 0. The van der Waals surface area contributed by atoms with Crippen LogP contribution in [0.25, 0.3) is 0 Å². The molecule has 1 aliphatic heterocycles. The molecule has 4 nitrogen and oxygen atoms in total. The molecule has 1 saturated heterocycles. The van der Waals surface area contributed by atoms with E-state index < -0.39 is 6.36 Å². The number of anilines is 1. The Kier molecular flexibility index (Phi) is 3.07. The van der Waals surface area contributed by atoms with Crippen molar-refractivity contribution in [3.05, 3.63) is 35.9 Å². The van der Waals surface area contributed by atoms with E-state index >= 15 is 0 Å². The van der Waals surface area contributed by atoms with E-state index in [0.29, 0.717) is 0 Å². The highest BCUT2D eigenvalue weighted by Crippen LogP contribution is 2.55. The molecule has 24 heavy (non-hydrogen) atoms. The second-order valence-corrected chi connectivity index (χ2v) is 6.52. The molecule has 1 heterocycles. The molecule has 0 spiro atoms. The van der Waals surface area contributed by atoms with Crippen molar-refractivity contribution in [2.45, 2.75) is 19.7 Å². The van der Waals surface area contributed by atoms with Crippen molar-refractivity contribution in [2.75, 3.05) is 4.90 Å². The lowest BCUT2D eigenvalue weighted by Gasteiger charge is -2.19. The summed E-state index contributed by atoms with van der Waals surface area (Å²) < 4.78 is 40.4. The van der Waals surface area contributed by atoms with Crippen LogP contribution in [-0.2, 0) is 9.59 Å². The van der Waals surface area contributed by atoms with E-state index in [9.17, 15) is 22.8 Å². The highest BCUT2D eigenvalue weighted by atomic mass is 19.4. The van der Waals surface area contributed by atoms with Gasteiger partial charge in [0.05, 0.1) is 17.5 Å². The first-order valence-electron chi connectivity index (χ1n) is 7.68. The molecule has 4 rings (SSSR count). The van der Waals surface area contributed by atoms with Gasteiger partial charge in [-0.3, -0.25) is 14.5 Å². The molecule has 2 fully saturated rings. The molecule has 1 saturated carbocycles. The predicted octanol–water partition coefficient (Wildman–Crippen LogP) is 3.29. The number of carbonyl (C=O) groups is 2. The van der Waals surface area contributed by atoms with Crippen LogP contribution in [0.5, 0.6) is 5.75 Å². The zero-order chi connectivity index (χ0) is 17.2. The van der Waals surface area contributed by atoms with Crippen LogP contribution in [0.15, 0.2) is 35.9 Å². The van der Waals surface area contributed by atoms with Gasteiger partial charge in [0.25, 0.3) is 0 Å². The highest BCUT2D eigenvalue weighted by Gasteiger charge is 2.60. The standard InChI is InChI=1S/C17H14F3NO3/c1-8-6-9-7-12(8)14-13(9)15(22)21(16(14)23)10-2-4-11(5-3-10)24-17(18,19)20/h2-6,9,12-14H,7H2,1H3/t9-,12+,13+,14-/m0/s1. The second kappa shape index (κ2) is 4.84. The van der Waals surface area contributed by atoms with E-state index in [1.807, 2.05) is 6.92 Å². The van der Waals surface area contributed by atoms with Crippen LogP contribution in [0.3, 0.4) is 0 Å². The van der Waals surface area contributed by atoms with Crippen molar-refractivity contribution >= 4 is 17.5 Å². The molecule has 2 amide bonds. The number of imide groups is 1. The SMILES string of the molecule is CC1=C[C@H]2C[C@H]1[C@@H]1C(=O)N(c3ccc(OC(F)(F)F)cc3)C(=O)[C@@H]12. The van der Waals surface area contributed by atoms with Gasteiger partial charge < -0.3 is 4.74 Å². The molecule has 3 aliphatic rings.